The largest absolute Gasteiger partial charge is 0.465 e. The molecule has 1 aromatic heterocycles. The number of aromatic amines is 1. The SMILES string of the molecule is [2H]c1cc(Br)cc(Cl)c1Nc1c(C(=O)OC)cc2[nH]cnc2c1F. The van der Waals surface area contributed by atoms with Gasteiger partial charge in [0, 0.05) is 4.47 Å². The number of aromatic nitrogens is 2. The molecule has 0 aliphatic rings. The maximum Gasteiger partial charge on any atom is 0.340 e. The van der Waals surface area contributed by atoms with E-state index in [4.69, 9.17) is 17.7 Å². The molecule has 0 unspecified atom stereocenters. The molecule has 8 heteroatoms. The number of ether oxygens (including phenoxy) is 1. The molecule has 0 fully saturated rings. The lowest BCUT2D eigenvalue weighted by atomic mass is 10.1. The van der Waals surface area contributed by atoms with E-state index in [1.54, 1.807) is 6.07 Å². The number of rotatable bonds is 3. The van der Waals surface area contributed by atoms with Crippen LogP contribution in [-0.4, -0.2) is 23.0 Å². The Morgan fingerprint density at radius 1 is 1.57 bits per heavy atom. The van der Waals surface area contributed by atoms with E-state index in [-0.39, 0.29) is 33.5 Å². The molecular formula is C15H10BrClFN3O2. The average molecular weight is 400 g/mol. The first kappa shape index (κ1) is 14.5. The Hall–Kier alpha value is -2.12. The molecule has 118 valence electrons. The second-order valence-electron chi connectivity index (χ2n) is 4.57. The van der Waals surface area contributed by atoms with Crippen LogP contribution in [0, 0.1) is 5.82 Å². The molecule has 23 heavy (non-hydrogen) atoms. The molecule has 0 saturated carbocycles. The highest BCUT2D eigenvalue weighted by Crippen LogP contribution is 2.33. The molecular weight excluding hydrogens is 389 g/mol. The number of hydrogen-bond acceptors (Lipinski definition) is 4. The molecule has 0 amide bonds. The summed E-state index contributed by atoms with van der Waals surface area (Å²) in [5, 5.41) is 2.93. The van der Waals surface area contributed by atoms with Gasteiger partial charge in [-0.25, -0.2) is 14.2 Å². The molecule has 2 aromatic carbocycles. The van der Waals surface area contributed by atoms with Crippen LogP contribution in [0.25, 0.3) is 11.0 Å². The van der Waals surface area contributed by atoms with Crippen LogP contribution < -0.4 is 5.32 Å². The molecule has 0 atom stereocenters. The van der Waals surface area contributed by atoms with Crippen LogP contribution in [0.4, 0.5) is 15.8 Å². The molecule has 0 saturated heterocycles. The monoisotopic (exact) mass is 398 g/mol. The van der Waals surface area contributed by atoms with Gasteiger partial charge in [0.25, 0.3) is 0 Å². The van der Waals surface area contributed by atoms with Crippen LogP contribution in [0.5, 0.6) is 0 Å². The summed E-state index contributed by atoms with van der Waals surface area (Å²) in [7, 11) is 1.20. The minimum atomic E-state index is -0.743. The average Bonchev–Trinajstić information content (AvgIpc) is 3.00. The van der Waals surface area contributed by atoms with E-state index in [2.05, 4.69) is 31.2 Å². The zero-order valence-corrected chi connectivity index (χ0v) is 14.0. The highest BCUT2D eigenvalue weighted by molar-refractivity contribution is 9.10. The number of hydrogen-bond donors (Lipinski definition) is 2. The first-order valence-corrected chi connectivity index (χ1v) is 7.56. The van der Waals surface area contributed by atoms with Gasteiger partial charge < -0.3 is 15.0 Å². The fraction of sp³-hybridized carbons (Fsp3) is 0.0667. The smallest absolute Gasteiger partial charge is 0.340 e. The van der Waals surface area contributed by atoms with E-state index in [9.17, 15) is 9.18 Å². The number of carbonyl (C=O) groups is 1. The summed E-state index contributed by atoms with van der Waals surface area (Å²) in [5.41, 5.74) is 0.388. The van der Waals surface area contributed by atoms with Gasteiger partial charge in [0.2, 0.25) is 0 Å². The lowest BCUT2D eigenvalue weighted by Crippen LogP contribution is -2.08. The summed E-state index contributed by atoms with van der Waals surface area (Å²) >= 11 is 9.36. The van der Waals surface area contributed by atoms with Crippen LogP contribution in [-0.2, 0) is 4.74 Å². The predicted octanol–water partition coefficient (Wildman–Crippen LogP) is 4.65. The lowest BCUT2D eigenvalue weighted by molar-refractivity contribution is 0.0601. The first-order chi connectivity index (χ1) is 11.4. The summed E-state index contributed by atoms with van der Waals surface area (Å²) in [6.45, 7) is 0. The number of benzene rings is 2. The second kappa shape index (κ2) is 6.17. The van der Waals surface area contributed by atoms with Gasteiger partial charge in [0.15, 0.2) is 5.82 Å². The Bertz CT molecular complexity index is 940. The van der Waals surface area contributed by atoms with Crippen molar-refractivity contribution in [1.82, 2.24) is 9.97 Å². The van der Waals surface area contributed by atoms with Crippen LogP contribution in [0.2, 0.25) is 5.02 Å². The Balaban J connectivity index is 2.21. The van der Waals surface area contributed by atoms with Crippen LogP contribution in [0.15, 0.2) is 35.0 Å². The topological polar surface area (TPSA) is 67.0 Å². The van der Waals surface area contributed by atoms with Crippen molar-refractivity contribution < 1.29 is 15.3 Å². The third kappa shape index (κ3) is 2.89. The Morgan fingerprint density at radius 3 is 3.04 bits per heavy atom. The van der Waals surface area contributed by atoms with E-state index in [0.29, 0.717) is 9.99 Å². The minimum Gasteiger partial charge on any atom is -0.465 e. The highest BCUT2D eigenvalue weighted by Gasteiger charge is 2.21. The molecule has 5 nitrogen and oxygen atoms in total. The zero-order valence-electron chi connectivity index (χ0n) is 12.7. The number of nitrogens with zero attached hydrogens (tertiary/aromatic N) is 1. The maximum absolute atomic E-state index is 14.8. The summed E-state index contributed by atoms with van der Waals surface area (Å²) < 4.78 is 28.1. The van der Waals surface area contributed by atoms with Gasteiger partial charge in [-0.3, -0.25) is 0 Å². The van der Waals surface area contributed by atoms with Crippen LogP contribution >= 0.6 is 27.5 Å². The number of esters is 1. The van der Waals surface area contributed by atoms with E-state index >= 15 is 0 Å². The van der Waals surface area contributed by atoms with Crippen molar-refractivity contribution in [1.29, 1.82) is 0 Å². The van der Waals surface area contributed by atoms with Crippen molar-refractivity contribution in [2.24, 2.45) is 0 Å². The van der Waals surface area contributed by atoms with Gasteiger partial charge in [0.1, 0.15) is 5.52 Å². The van der Waals surface area contributed by atoms with E-state index in [1.807, 2.05) is 0 Å². The summed E-state index contributed by atoms with van der Waals surface area (Å²) in [6, 6.07) is 4.52. The van der Waals surface area contributed by atoms with Gasteiger partial charge in [-0.05, 0) is 24.2 Å². The van der Waals surface area contributed by atoms with Gasteiger partial charge in [-0.15, -0.1) is 0 Å². The summed E-state index contributed by atoms with van der Waals surface area (Å²) in [6.07, 6.45) is 1.32. The molecule has 0 aliphatic carbocycles. The summed E-state index contributed by atoms with van der Waals surface area (Å²) in [5.74, 6) is -1.47. The maximum atomic E-state index is 14.8. The van der Waals surface area contributed by atoms with Crippen molar-refractivity contribution >= 4 is 55.9 Å². The van der Waals surface area contributed by atoms with Gasteiger partial charge >= 0.3 is 5.97 Å². The quantitative estimate of drug-likeness (QED) is 0.629. The van der Waals surface area contributed by atoms with Crippen molar-refractivity contribution in [3.8, 4) is 0 Å². The molecule has 0 bridgehead atoms. The van der Waals surface area contributed by atoms with Crippen molar-refractivity contribution in [2.75, 3.05) is 12.4 Å². The minimum absolute atomic E-state index is 0.0340. The van der Waals surface area contributed by atoms with E-state index in [1.165, 1.54) is 25.6 Å². The lowest BCUT2D eigenvalue weighted by Gasteiger charge is -2.13. The van der Waals surface area contributed by atoms with E-state index < -0.39 is 11.8 Å². The Kier molecular flexibility index (Phi) is 3.88. The normalized spacial score (nSPS) is 11.4. The molecule has 3 aromatic rings. The molecule has 0 spiro atoms. The Labute approximate surface area is 145 Å². The number of anilines is 2. The molecule has 2 N–H and O–H groups in total. The van der Waals surface area contributed by atoms with Crippen molar-refractivity contribution in [3.63, 3.8) is 0 Å². The van der Waals surface area contributed by atoms with E-state index in [0.717, 1.165) is 0 Å². The first-order valence-electron chi connectivity index (χ1n) is 6.89. The zero-order chi connectivity index (χ0) is 17.4. The second-order valence-corrected chi connectivity index (χ2v) is 5.89. The molecule has 1 heterocycles. The third-order valence-corrected chi connectivity index (χ3v) is 3.92. The molecule has 3 rings (SSSR count). The van der Waals surface area contributed by atoms with Gasteiger partial charge in [0.05, 0.1) is 42.3 Å². The summed E-state index contributed by atoms with van der Waals surface area (Å²) in [4.78, 5) is 18.7. The number of methoxy groups -OCH3 is 1. The van der Waals surface area contributed by atoms with Crippen molar-refractivity contribution in [2.45, 2.75) is 0 Å². The fourth-order valence-corrected chi connectivity index (χ4v) is 2.80. The molecule has 0 aliphatic heterocycles. The highest BCUT2D eigenvalue weighted by atomic mass is 79.9. The number of carbonyl (C=O) groups excluding carboxylic acids is 1. The number of fused-ring (bicyclic) bond motifs is 1. The van der Waals surface area contributed by atoms with Crippen LogP contribution in [0.3, 0.4) is 0 Å². The number of halogens is 3. The number of nitrogens with one attached hydrogen (secondary N) is 2. The van der Waals surface area contributed by atoms with Gasteiger partial charge in [-0.2, -0.15) is 0 Å². The van der Waals surface area contributed by atoms with Gasteiger partial charge in [-0.1, -0.05) is 27.5 Å². The predicted molar refractivity (Wildman–Crippen MR) is 89.8 cm³/mol. The van der Waals surface area contributed by atoms with Crippen LogP contribution in [0.1, 0.15) is 11.7 Å². The van der Waals surface area contributed by atoms with Crippen molar-refractivity contribution in [3.05, 3.63) is 51.4 Å². The standard InChI is InChI=1S/C15H10BrClFN3O2/c1-23-15(22)8-5-11-14(20-6-19-11)12(18)13(8)21-10-3-2-7(16)4-9(10)17/h2-6,21H,1H3,(H,19,20)/i3D. The fourth-order valence-electron chi connectivity index (χ4n) is 2.10. The number of imidazole rings is 1. The number of H-pyrrole nitrogens is 1. The third-order valence-electron chi connectivity index (χ3n) is 3.17. The molecule has 0 radical (unpaired) electrons. The Morgan fingerprint density at radius 2 is 2.35 bits per heavy atom.